The van der Waals surface area contributed by atoms with Crippen molar-refractivity contribution in [1.82, 2.24) is 5.32 Å². The molecule has 0 radical (unpaired) electrons. The van der Waals surface area contributed by atoms with Crippen molar-refractivity contribution in [3.63, 3.8) is 0 Å². The highest BCUT2D eigenvalue weighted by molar-refractivity contribution is 6.35. The van der Waals surface area contributed by atoms with Crippen LogP contribution in [-0.4, -0.2) is 23.8 Å². The number of amides is 3. The van der Waals surface area contributed by atoms with Crippen LogP contribution in [-0.2, 0) is 0 Å². The molecule has 4 aliphatic carbocycles. The van der Waals surface area contributed by atoms with E-state index in [9.17, 15) is 14.4 Å². The van der Waals surface area contributed by atoms with Gasteiger partial charge in [0.25, 0.3) is 17.7 Å². The number of anilines is 1. The van der Waals surface area contributed by atoms with E-state index in [0.717, 1.165) is 28.9 Å². The van der Waals surface area contributed by atoms with Crippen molar-refractivity contribution in [2.45, 2.75) is 65.3 Å². The molecule has 4 bridgehead atoms. The lowest BCUT2D eigenvalue weighted by molar-refractivity contribution is -0.0688. The Hall–Kier alpha value is -2.95. The Kier molecular flexibility index (Phi) is 4.78. The molecule has 1 heterocycles. The van der Waals surface area contributed by atoms with E-state index in [0.29, 0.717) is 22.4 Å². The Morgan fingerprint density at radius 1 is 0.912 bits per heavy atom. The third-order valence-electron chi connectivity index (χ3n) is 9.11. The second kappa shape index (κ2) is 7.53. The first-order valence-corrected chi connectivity index (χ1v) is 12.6. The van der Waals surface area contributed by atoms with E-state index >= 15 is 0 Å². The van der Waals surface area contributed by atoms with E-state index < -0.39 is 0 Å². The van der Waals surface area contributed by atoms with Crippen LogP contribution in [0.5, 0.6) is 0 Å². The fourth-order valence-electron chi connectivity index (χ4n) is 7.70. The van der Waals surface area contributed by atoms with E-state index in [-0.39, 0.29) is 29.2 Å². The summed E-state index contributed by atoms with van der Waals surface area (Å²) in [7, 11) is 0. The van der Waals surface area contributed by atoms with Gasteiger partial charge in [0.15, 0.2) is 0 Å². The van der Waals surface area contributed by atoms with Crippen LogP contribution in [0, 0.1) is 37.0 Å². The van der Waals surface area contributed by atoms with Crippen molar-refractivity contribution in [2.75, 3.05) is 4.90 Å². The van der Waals surface area contributed by atoms with Crippen molar-refractivity contribution >= 4 is 23.4 Å². The van der Waals surface area contributed by atoms with Gasteiger partial charge in [-0.25, -0.2) is 4.90 Å². The summed E-state index contributed by atoms with van der Waals surface area (Å²) >= 11 is 0. The van der Waals surface area contributed by atoms with Crippen LogP contribution < -0.4 is 10.2 Å². The highest BCUT2D eigenvalue weighted by Gasteiger charge is 2.53. The van der Waals surface area contributed by atoms with Crippen LogP contribution >= 0.6 is 0 Å². The van der Waals surface area contributed by atoms with Gasteiger partial charge >= 0.3 is 0 Å². The minimum atomic E-state index is -0.363. The van der Waals surface area contributed by atoms with E-state index in [2.05, 4.69) is 12.2 Å². The zero-order valence-electron chi connectivity index (χ0n) is 20.2. The van der Waals surface area contributed by atoms with E-state index in [4.69, 9.17) is 0 Å². The number of hydrogen-bond acceptors (Lipinski definition) is 3. The molecule has 34 heavy (non-hydrogen) atoms. The van der Waals surface area contributed by atoms with Crippen LogP contribution in [0.15, 0.2) is 36.4 Å². The SMILES string of the molecule is Cc1ccc(C)c(N2C(=O)c3ccc(C(=O)NC(C)C45CC6CC(CC(C6)C4)C5)cc3C2=O)c1. The lowest BCUT2D eigenvalue weighted by Gasteiger charge is -2.59. The summed E-state index contributed by atoms with van der Waals surface area (Å²) in [5.74, 6) is 1.62. The summed E-state index contributed by atoms with van der Waals surface area (Å²) in [6.45, 7) is 5.99. The van der Waals surface area contributed by atoms with Crippen LogP contribution in [0.1, 0.15) is 87.6 Å². The molecular weight excluding hydrogens is 424 g/mol. The molecule has 2 aromatic carbocycles. The number of rotatable bonds is 4. The minimum absolute atomic E-state index is 0.102. The van der Waals surface area contributed by atoms with Crippen molar-refractivity contribution in [1.29, 1.82) is 0 Å². The Morgan fingerprint density at radius 3 is 2.18 bits per heavy atom. The molecule has 4 fully saturated rings. The van der Waals surface area contributed by atoms with Gasteiger partial charge in [-0.1, -0.05) is 12.1 Å². The molecule has 5 heteroatoms. The fraction of sp³-hybridized carbons (Fsp3) is 0.483. The predicted molar refractivity (Wildman–Crippen MR) is 131 cm³/mol. The number of nitrogens with one attached hydrogen (secondary N) is 1. The summed E-state index contributed by atoms with van der Waals surface area (Å²) in [6, 6.07) is 10.7. The number of benzene rings is 2. The first-order chi connectivity index (χ1) is 16.2. The van der Waals surface area contributed by atoms with Gasteiger partial charge in [0.1, 0.15) is 0 Å². The molecule has 5 nitrogen and oxygen atoms in total. The first-order valence-electron chi connectivity index (χ1n) is 12.6. The molecule has 5 aliphatic rings. The largest absolute Gasteiger partial charge is 0.349 e. The Balaban J connectivity index is 1.24. The van der Waals surface area contributed by atoms with Crippen molar-refractivity contribution in [2.24, 2.45) is 23.2 Å². The molecule has 7 rings (SSSR count). The van der Waals surface area contributed by atoms with Gasteiger partial charge in [0.05, 0.1) is 16.8 Å². The Labute approximate surface area is 200 Å². The molecular formula is C29H32N2O3. The first kappa shape index (κ1) is 21.6. The average molecular weight is 457 g/mol. The van der Waals surface area contributed by atoms with Gasteiger partial charge in [-0.3, -0.25) is 14.4 Å². The van der Waals surface area contributed by atoms with Crippen LogP contribution in [0.3, 0.4) is 0 Å². The van der Waals surface area contributed by atoms with Gasteiger partial charge in [0, 0.05) is 11.6 Å². The number of aryl methyl sites for hydroxylation is 2. The standard InChI is InChI=1S/C29H32N2O3/c1-16-4-5-17(2)25(8-16)31-27(33)23-7-6-22(12-24(23)28(31)34)26(32)30-18(3)29-13-19-9-20(14-29)11-21(10-19)15-29/h4-8,12,18-21H,9-11,13-15H2,1-3H3,(H,30,32). The highest BCUT2D eigenvalue weighted by Crippen LogP contribution is 2.61. The maximum atomic E-state index is 13.3. The van der Waals surface area contributed by atoms with Gasteiger partial charge in [0.2, 0.25) is 0 Å². The van der Waals surface area contributed by atoms with Crippen molar-refractivity contribution in [3.8, 4) is 0 Å². The number of hydrogen-bond donors (Lipinski definition) is 1. The predicted octanol–water partition coefficient (Wildman–Crippen LogP) is 5.44. The number of imide groups is 1. The van der Waals surface area contributed by atoms with Gasteiger partial charge in [-0.15, -0.1) is 0 Å². The fourth-order valence-corrected chi connectivity index (χ4v) is 7.70. The lowest BCUT2D eigenvalue weighted by Crippen LogP contribution is -2.55. The second-order valence-electron chi connectivity index (χ2n) is 11.5. The van der Waals surface area contributed by atoms with Gasteiger partial charge < -0.3 is 5.32 Å². The summed E-state index contributed by atoms with van der Waals surface area (Å²) in [6.07, 6.45) is 7.79. The third kappa shape index (κ3) is 3.24. The smallest absolute Gasteiger partial charge is 0.266 e. The minimum Gasteiger partial charge on any atom is -0.349 e. The van der Waals surface area contributed by atoms with Crippen LogP contribution in [0.2, 0.25) is 0 Å². The average Bonchev–Trinajstić information content (AvgIpc) is 3.04. The highest BCUT2D eigenvalue weighted by atomic mass is 16.2. The molecule has 3 amide bonds. The van der Waals surface area contributed by atoms with E-state index in [1.54, 1.807) is 18.2 Å². The molecule has 2 aromatic rings. The van der Waals surface area contributed by atoms with Crippen LogP contribution in [0.25, 0.3) is 0 Å². The van der Waals surface area contributed by atoms with Crippen LogP contribution in [0.4, 0.5) is 5.69 Å². The van der Waals surface area contributed by atoms with Gasteiger partial charge in [-0.2, -0.15) is 0 Å². The topological polar surface area (TPSA) is 66.5 Å². The summed E-state index contributed by atoms with van der Waals surface area (Å²) in [4.78, 5) is 40.9. The van der Waals surface area contributed by atoms with E-state index in [1.165, 1.54) is 43.4 Å². The molecule has 1 unspecified atom stereocenters. The monoisotopic (exact) mass is 456 g/mol. The molecule has 0 spiro atoms. The molecule has 0 saturated heterocycles. The quantitative estimate of drug-likeness (QED) is 0.623. The lowest BCUT2D eigenvalue weighted by atomic mass is 9.48. The summed E-state index contributed by atoms with van der Waals surface area (Å²) < 4.78 is 0. The number of carbonyl (C=O) groups excluding carboxylic acids is 3. The third-order valence-corrected chi connectivity index (χ3v) is 9.11. The maximum Gasteiger partial charge on any atom is 0.266 e. The van der Waals surface area contributed by atoms with Gasteiger partial charge in [-0.05, 0) is 118 Å². The van der Waals surface area contributed by atoms with E-state index in [1.807, 2.05) is 32.0 Å². The van der Waals surface area contributed by atoms with Crippen molar-refractivity contribution < 1.29 is 14.4 Å². The normalized spacial score (nSPS) is 30.0. The molecule has 0 aromatic heterocycles. The Morgan fingerprint density at radius 2 is 1.53 bits per heavy atom. The molecule has 176 valence electrons. The zero-order chi connectivity index (χ0) is 23.8. The summed E-state index contributed by atoms with van der Waals surface area (Å²) in [5, 5.41) is 3.28. The number of fused-ring (bicyclic) bond motifs is 1. The van der Waals surface area contributed by atoms with Crippen molar-refractivity contribution in [3.05, 3.63) is 64.2 Å². The zero-order valence-corrected chi connectivity index (χ0v) is 20.2. The number of carbonyl (C=O) groups is 3. The molecule has 1 aliphatic heterocycles. The second-order valence-corrected chi connectivity index (χ2v) is 11.5. The maximum absolute atomic E-state index is 13.3. The molecule has 4 saturated carbocycles. The Bertz CT molecular complexity index is 1190. The molecule has 1 atom stereocenters. The number of nitrogens with zero attached hydrogens (tertiary/aromatic N) is 1. The molecule has 1 N–H and O–H groups in total. The summed E-state index contributed by atoms with van der Waals surface area (Å²) in [5.41, 5.74) is 3.77.